The van der Waals surface area contributed by atoms with Gasteiger partial charge in [-0.15, -0.1) is 0 Å². The molecule has 1 aliphatic rings. The van der Waals surface area contributed by atoms with Crippen LogP contribution in [0.3, 0.4) is 0 Å². The molecule has 1 aliphatic heterocycles. The lowest BCUT2D eigenvalue weighted by molar-refractivity contribution is -0.120. The van der Waals surface area contributed by atoms with Crippen molar-refractivity contribution in [2.24, 2.45) is 0 Å². The highest BCUT2D eigenvalue weighted by molar-refractivity contribution is 8.00. The Hall–Kier alpha value is -1.94. The number of benzene rings is 2. The number of hydrogen-bond donors (Lipinski definition) is 0. The fraction of sp³-hybridized carbons (Fsp3) is 0.381. The Morgan fingerprint density at radius 1 is 1.16 bits per heavy atom. The van der Waals surface area contributed by atoms with Gasteiger partial charge in [0.25, 0.3) is 5.91 Å². The Morgan fingerprint density at radius 2 is 1.96 bits per heavy atom. The highest BCUT2D eigenvalue weighted by Crippen LogP contribution is 2.28. The van der Waals surface area contributed by atoms with E-state index in [2.05, 4.69) is 13.8 Å². The molecule has 132 valence electrons. The first kappa shape index (κ1) is 17.9. The van der Waals surface area contributed by atoms with Gasteiger partial charge in [0, 0.05) is 17.5 Å². The molecule has 0 N–H and O–H groups in total. The first-order valence-electron chi connectivity index (χ1n) is 8.80. The third kappa shape index (κ3) is 4.79. The minimum Gasteiger partial charge on any atom is -0.484 e. The minimum atomic E-state index is 0.0110. The lowest BCUT2D eigenvalue weighted by Crippen LogP contribution is -2.39. The number of carbonyl (C=O) groups is 1. The van der Waals surface area contributed by atoms with Crippen LogP contribution in [-0.4, -0.2) is 30.1 Å². The van der Waals surface area contributed by atoms with Gasteiger partial charge in [0.15, 0.2) is 6.61 Å². The number of rotatable bonds is 6. The van der Waals surface area contributed by atoms with Crippen molar-refractivity contribution in [2.45, 2.75) is 31.9 Å². The zero-order chi connectivity index (χ0) is 17.6. The van der Waals surface area contributed by atoms with Crippen molar-refractivity contribution in [3.8, 4) is 5.75 Å². The van der Waals surface area contributed by atoms with Crippen molar-refractivity contribution in [1.82, 2.24) is 0 Å². The second kappa shape index (κ2) is 8.43. The minimum absolute atomic E-state index is 0.0110. The number of nitrogens with zero attached hydrogens (tertiary/aromatic N) is 1. The van der Waals surface area contributed by atoms with Crippen molar-refractivity contribution in [2.75, 3.05) is 23.8 Å². The van der Waals surface area contributed by atoms with Crippen LogP contribution in [0.2, 0.25) is 0 Å². The molecule has 0 radical (unpaired) electrons. The molecule has 4 heteroatoms. The lowest BCUT2D eigenvalue weighted by atomic mass is 10.1. The molecule has 1 atom stereocenters. The molecule has 0 saturated carbocycles. The van der Waals surface area contributed by atoms with Crippen LogP contribution >= 0.6 is 11.8 Å². The zero-order valence-electron chi connectivity index (χ0n) is 14.9. The standard InChI is InChI=1S/C21H25NO2S/c1-16-10-11-19(13-17(16)2)24-15-21(23)22(14-20-9-6-12-25-20)18-7-4-3-5-8-18/h3-5,7-8,10-11,13,20H,6,9,12,14-15H2,1-2H3. The van der Waals surface area contributed by atoms with Crippen LogP contribution < -0.4 is 9.64 Å². The quantitative estimate of drug-likeness (QED) is 0.758. The van der Waals surface area contributed by atoms with E-state index in [1.165, 1.54) is 29.7 Å². The summed E-state index contributed by atoms with van der Waals surface area (Å²) in [6, 6.07) is 15.9. The van der Waals surface area contributed by atoms with Crippen LogP contribution in [0.15, 0.2) is 48.5 Å². The molecule has 3 nitrogen and oxygen atoms in total. The molecule has 1 fully saturated rings. The second-order valence-electron chi connectivity index (χ2n) is 6.51. The molecule has 0 spiro atoms. The Kier molecular flexibility index (Phi) is 6.03. The van der Waals surface area contributed by atoms with E-state index < -0.39 is 0 Å². The van der Waals surface area contributed by atoms with E-state index in [0.29, 0.717) is 5.25 Å². The normalized spacial score (nSPS) is 16.6. The average Bonchev–Trinajstić information content (AvgIpc) is 3.14. The number of hydrogen-bond acceptors (Lipinski definition) is 3. The molecular formula is C21H25NO2S. The van der Waals surface area contributed by atoms with Gasteiger partial charge in [-0.05, 0) is 67.8 Å². The number of aryl methyl sites for hydroxylation is 2. The smallest absolute Gasteiger partial charge is 0.264 e. The van der Waals surface area contributed by atoms with Gasteiger partial charge in [-0.3, -0.25) is 4.79 Å². The van der Waals surface area contributed by atoms with E-state index in [1.807, 2.05) is 65.2 Å². The van der Waals surface area contributed by atoms with Gasteiger partial charge in [-0.1, -0.05) is 24.3 Å². The fourth-order valence-electron chi connectivity index (χ4n) is 2.98. The highest BCUT2D eigenvalue weighted by atomic mass is 32.2. The summed E-state index contributed by atoms with van der Waals surface area (Å²) in [6.07, 6.45) is 2.42. The van der Waals surface area contributed by atoms with Gasteiger partial charge < -0.3 is 9.64 Å². The molecule has 0 aliphatic carbocycles. The maximum absolute atomic E-state index is 12.8. The molecule has 1 amide bonds. The van der Waals surface area contributed by atoms with E-state index in [9.17, 15) is 4.79 Å². The molecule has 0 aromatic heterocycles. The summed E-state index contributed by atoms with van der Waals surface area (Å²) in [7, 11) is 0. The van der Waals surface area contributed by atoms with Gasteiger partial charge in [-0.25, -0.2) is 0 Å². The summed E-state index contributed by atoms with van der Waals surface area (Å²) in [4.78, 5) is 14.7. The number of para-hydroxylation sites is 1. The fourth-order valence-corrected chi connectivity index (χ4v) is 4.23. The van der Waals surface area contributed by atoms with Crippen molar-refractivity contribution in [1.29, 1.82) is 0 Å². The summed E-state index contributed by atoms with van der Waals surface area (Å²) in [5, 5.41) is 0.519. The van der Waals surface area contributed by atoms with Crippen LogP contribution in [-0.2, 0) is 4.79 Å². The Morgan fingerprint density at radius 3 is 2.64 bits per heavy atom. The number of thioether (sulfide) groups is 1. The molecule has 1 saturated heterocycles. The predicted molar refractivity (Wildman–Crippen MR) is 106 cm³/mol. The van der Waals surface area contributed by atoms with E-state index in [-0.39, 0.29) is 12.5 Å². The maximum Gasteiger partial charge on any atom is 0.264 e. The number of ether oxygens (including phenoxy) is 1. The van der Waals surface area contributed by atoms with Crippen LogP contribution in [0.5, 0.6) is 5.75 Å². The highest BCUT2D eigenvalue weighted by Gasteiger charge is 2.23. The molecule has 1 heterocycles. The van der Waals surface area contributed by atoms with Crippen LogP contribution in [0.25, 0.3) is 0 Å². The molecule has 25 heavy (non-hydrogen) atoms. The third-order valence-corrected chi connectivity index (χ3v) is 6.00. The molecule has 1 unspecified atom stereocenters. The Bertz CT molecular complexity index is 711. The average molecular weight is 356 g/mol. The van der Waals surface area contributed by atoms with Crippen molar-refractivity contribution in [3.05, 3.63) is 59.7 Å². The summed E-state index contributed by atoms with van der Waals surface area (Å²) in [6.45, 7) is 4.94. The van der Waals surface area contributed by atoms with Gasteiger partial charge in [0.05, 0.1) is 0 Å². The van der Waals surface area contributed by atoms with E-state index in [4.69, 9.17) is 4.74 Å². The van der Waals surface area contributed by atoms with Gasteiger partial charge in [0.1, 0.15) is 5.75 Å². The zero-order valence-corrected chi connectivity index (χ0v) is 15.7. The molecule has 3 rings (SSSR count). The third-order valence-electron chi connectivity index (χ3n) is 4.62. The lowest BCUT2D eigenvalue weighted by Gasteiger charge is -2.25. The van der Waals surface area contributed by atoms with Gasteiger partial charge in [0.2, 0.25) is 0 Å². The second-order valence-corrected chi connectivity index (χ2v) is 7.92. The van der Waals surface area contributed by atoms with Crippen LogP contribution in [0.4, 0.5) is 5.69 Å². The van der Waals surface area contributed by atoms with E-state index >= 15 is 0 Å². The summed E-state index contributed by atoms with van der Waals surface area (Å²) in [5.41, 5.74) is 3.35. The molecule has 2 aromatic rings. The first-order chi connectivity index (χ1) is 12.1. The predicted octanol–water partition coefficient (Wildman–Crippen LogP) is 4.61. The summed E-state index contributed by atoms with van der Waals surface area (Å²) >= 11 is 1.97. The van der Waals surface area contributed by atoms with Crippen molar-refractivity contribution < 1.29 is 9.53 Å². The van der Waals surface area contributed by atoms with Crippen molar-refractivity contribution >= 4 is 23.4 Å². The monoisotopic (exact) mass is 355 g/mol. The van der Waals surface area contributed by atoms with Gasteiger partial charge >= 0.3 is 0 Å². The Balaban J connectivity index is 1.68. The largest absolute Gasteiger partial charge is 0.484 e. The summed E-state index contributed by atoms with van der Waals surface area (Å²) < 4.78 is 5.77. The van der Waals surface area contributed by atoms with E-state index in [0.717, 1.165) is 18.0 Å². The Labute approximate surface area is 154 Å². The SMILES string of the molecule is Cc1ccc(OCC(=O)N(CC2CCCS2)c2ccccc2)cc1C. The number of anilines is 1. The molecule has 2 aromatic carbocycles. The molecular weight excluding hydrogens is 330 g/mol. The molecule has 0 bridgehead atoms. The van der Waals surface area contributed by atoms with Gasteiger partial charge in [-0.2, -0.15) is 11.8 Å². The van der Waals surface area contributed by atoms with E-state index in [1.54, 1.807) is 0 Å². The summed E-state index contributed by atoms with van der Waals surface area (Å²) in [5.74, 6) is 1.96. The van der Waals surface area contributed by atoms with Crippen LogP contribution in [0.1, 0.15) is 24.0 Å². The van der Waals surface area contributed by atoms with Crippen molar-refractivity contribution in [3.63, 3.8) is 0 Å². The topological polar surface area (TPSA) is 29.5 Å². The number of carbonyl (C=O) groups excluding carboxylic acids is 1. The first-order valence-corrected chi connectivity index (χ1v) is 9.85. The van der Waals surface area contributed by atoms with Crippen LogP contribution in [0, 0.1) is 13.8 Å². The maximum atomic E-state index is 12.8. The number of amides is 1.